The maximum Gasteiger partial charge on any atom is 0.0107 e. The Kier molecular flexibility index (Phi) is 7.87. The Labute approximate surface area is 102 Å². The van der Waals surface area contributed by atoms with Crippen molar-refractivity contribution in [3.8, 4) is 0 Å². The molecule has 1 fully saturated rings. The van der Waals surface area contributed by atoms with Gasteiger partial charge in [0.2, 0.25) is 0 Å². The molecule has 2 heteroatoms. The van der Waals surface area contributed by atoms with E-state index in [0.29, 0.717) is 0 Å². The van der Waals surface area contributed by atoms with Crippen LogP contribution in [-0.2, 0) is 0 Å². The van der Waals surface area contributed by atoms with Crippen molar-refractivity contribution in [2.24, 2.45) is 5.92 Å². The Morgan fingerprint density at radius 2 is 1.56 bits per heavy atom. The smallest absolute Gasteiger partial charge is 0.0107 e. The van der Waals surface area contributed by atoms with Crippen molar-refractivity contribution in [1.29, 1.82) is 0 Å². The molecule has 0 spiro atoms. The molecule has 2 nitrogen and oxygen atoms in total. The summed E-state index contributed by atoms with van der Waals surface area (Å²) in [5, 5.41) is 3.40. The Bertz CT molecular complexity index is 151. The third-order valence-corrected chi connectivity index (χ3v) is 3.47. The van der Waals surface area contributed by atoms with Crippen LogP contribution in [0.3, 0.4) is 0 Å². The molecule has 0 radical (unpaired) electrons. The van der Waals surface area contributed by atoms with Crippen molar-refractivity contribution >= 4 is 0 Å². The highest BCUT2D eigenvalue weighted by Crippen LogP contribution is 2.10. The van der Waals surface area contributed by atoms with Crippen LogP contribution in [-0.4, -0.2) is 37.6 Å². The molecule has 1 N–H and O–H groups in total. The molecule has 0 atom stereocenters. The van der Waals surface area contributed by atoms with E-state index in [1.807, 2.05) is 0 Å². The fourth-order valence-corrected chi connectivity index (χ4v) is 2.35. The van der Waals surface area contributed by atoms with Crippen LogP contribution in [0.1, 0.15) is 52.4 Å². The van der Waals surface area contributed by atoms with E-state index >= 15 is 0 Å². The monoisotopic (exact) mass is 226 g/mol. The van der Waals surface area contributed by atoms with E-state index in [0.717, 1.165) is 5.92 Å². The van der Waals surface area contributed by atoms with Crippen LogP contribution in [0.5, 0.6) is 0 Å². The van der Waals surface area contributed by atoms with Gasteiger partial charge < -0.3 is 10.2 Å². The van der Waals surface area contributed by atoms with Gasteiger partial charge in [-0.05, 0) is 18.9 Å². The molecule has 1 saturated heterocycles. The largest absolute Gasteiger partial charge is 0.314 e. The number of nitrogens with one attached hydrogen (secondary N) is 1. The van der Waals surface area contributed by atoms with Gasteiger partial charge in [-0.25, -0.2) is 0 Å². The molecule has 1 rings (SSSR count). The number of piperazine rings is 1. The lowest BCUT2D eigenvalue weighted by Crippen LogP contribution is -2.43. The summed E-state index contributed by atoms with van der Waals surface area (Å²) in [5.74, 6) is 0.890. The zero-order chi connectivity index (χ0) is 11.6. The van der Waals surface area contributed by atoms with Gasteiger partial charge in [0.25, 0.3) is 0 Å². The molecular weight excluding hydrogens is 196 g/mol. The van der Waals surface area contributed by atoms with E-state index in [9.17, 15) is 0 Å². The van der Waals surface area contributed by atoms with Crippen molar-refractivity contribution in [2.75, 3.05) is 32.7 Å². The fraction of sp³-hybridized carbons (Fsp3) is 1.00. The first-order valence-corrected chi connectivity index (χ1v) is 7.22. The van der Waals surface area contributed by atoms with Crippen LogP contribution in [0.15, 0.2) is 0 Å². The molecule has 0 aromatic carbocycles. The summed E-state index contributed by atoms with van der Waals surface area (Å²) in [6.07, 6.45) is 8.57. The Balaban J connectivity index is 1.80. The average Bonchev–Trinajstić information content (AvgIpc) is 2.29. The lowest BCUT2D eigenvalue weighted by Gasteiger charge is -2.27. The lowest BCUT2D eigenvalue weighted by atomic mass is 10.0. The van der Waals surface area contributed by atoms with Crippen LogP contribution < -0.4 is 5.32 Å². The van der Waals surface area contributed by atoms with Crippen molar-refractivity contribution in [1.82, 2.24) is 10.2 Å². The highest BCUT2D eigenvalue weighted by Gasteiger charge is 2.07. The Morgan fingerprint density at radius 3 is 2.25 bits per heavy atom. The third-order valence-electron chi connectivity index (χ3n) is 3.47. The number of unbranched alkanes of at least 4 members (excludes halogenated alkanes) is 4. The standard InChI is InChI=1S/C14H30N2/c1-14(2)8-6-4-3-5-7-11-16-12-9-15-10-13-16/h14-15H,3-13H2,1-2H3. The second-order valence-corrected chi connectivity index (χ2v) is 5.54. The van der Waals surface area contributed by atoms with Gasteiger partial charge in [0.05, 0.1) is 0 Å². The topological polar surface area (TPSA) is 15.3 Å². The predicted molar refractivity (Wildman–Crippen MR) is 71.8 cm³/mol. The highest BCUT2D eigenvalue weighted by molar-refractivity contribution is 4.67. The van der Waals surface area contributed by atoms with Crippen LogP contribution in [0, 0.1) is 5.92 Å². The van der Waals surface area contributed by atoms with Crippen LogP contribution in [0.4, 0.5) is 0 Å². The van der Waals surface area contributed by atoms with Gasteiger partial charge >= 0.3 is 0 Å². The van der Waals surface area contributed by atoms with Crippen molar-refractivity contribution in [3.63, 3.8) is 0 Å². The molecule has 96 valence electrons. The molecule has 0 aromatic rings. The lowest BCUT2D eigenvalue weighted by molar-refractivity contribution is 0.236. The molecule has 1 heterocycles. The molecule has 0 saturated carbocycles. The first-order valence-electron chi connectivity index (χ1n) is 7.22. The first kappa shape index (κ1) is 14.0. The summed E-state index contributed by atoms with van der Waals surface area (Å²) >= 11 is 0. The highest BCUT2D eigenvalue weighted by atomic mass is 15.2. The van der Waals surface area contributed by atoms with Gasteiger partial charge in [-0.3, -0.25) is 0 Å². The minimum atomic E-state index is 0.890. The maximum absolute atomic E-state index is 3.40. The molecule has 1 aliphatic heterocycles. The maximum atomic E-state index is 3.40. The van der Waals surface area contributed by atoms with Crippen molar-refractivity contribution in [2.45, 2.75) is 52.4 Å². The molecular formula is C14H30N2. The number of hydrogen-bond donors (Lipinski definition) is 1. The summed E-state index contributed by atoms with van der Waals surface area (Å²) in [4.78, 5) is 2.60. The van der Waals surface area contributed by atoms with E-state index in [2.05, 4.69) is 24.1 Å². The predicted octanol–water partition coefficient (Wildman–Crippen LogP) is 2.89. The SMILES string of the molecule is CC(C)CCCCCCCN1CCNCC1. The summed E-state index contributed by atoms with van der Waals surface area (Å²) in [5.41, 5.74) is 0. The van der Waals surface area contributed by atoms with E-state index in [1.54, 1.807) is 0 Å². The van der Waals surface area contributed by atoms with Gasteiger partial charge in [-0.15, -0.1) is 0 Å². The van der Waals surface area contributed by atoms with Gasteiger partial charge in [0.15, 0.2) is 0 Å². The fourth-order valence-electron chi connectivity index (χ4n) is 2.35. The van der Waals surface area contributed by atoms with E-state index in [4.69, 9.17) is 0 Å². The van der Waals surface area contributed by atoms with Crippen LogP contribution in [0.25, 0.3) is 0 Å². The van der Waals surface area contributed by atoms with Crippen molar-refractivity contribution in [3.05, 3.63) is 0 Å². The summed E-state index contributed by atoms with van der Waals surface area (Å²) < 4.78 is 0. The van der Waals surface area contributed by atoms with Gasteiger partial charge in [0, 0.05) is 26.2 Å². The second-order valence-electron chi connectivity index (χ2n) is 5.54. The number of rotatable bonds is 8. The van der Waals surface area contributed by atoms with Gasteiger partial charge in [-0.1, -0.05) is 46.0 Å². The van der Waals surface area contributed by atoms with E-state index < -0.39 is 0 Å². The van der Waals surface area contributed by atoms with Gasteiger partial charge in [0.1, 0.15) is 0 Å². The normalized spacial score (nSPS) is 18.2. The molecule has 0 bridgehead atoms. The summed E-state index contributed by atoms with van der Waals surface area (Å²) in [6, 6.07) is 0. The summed E-state index contributed by atoms with van der Waals surface area (Å²) in [6.45, 7) is 10.9. The third kappa shape index (κ3) is 7.24. The average molecular weight is 226 g/mol. The van der Waals surface area contributed by atoms with E-state index in [-0.39, 0.29) is 0 Å². The molecule has 16 heavy (non-hydrogen) atoms. The van der Waals surface area contributed by atoms with E-state index in [1.165, 1.54) is 71.2 Å². The number of nitrogens with zero attached hydrogens (tertiary/aromatic N) is 1. The zero-order valence-corrected chi connectivity index (χ0v) is 11.3. The summed E-state index contributed by atoms with van der Waals surface area (Å²) in [7, 11) is 0. The molecule has 1 aliphatic rings. The Morgan fingerprint density at radius 1 is 0.938 bits per heavy atom. The molecule has 0 aliphatic carbocycles. The number of hydrogen-bond acceptors (Lipinski definition) is 2. The van der Waals surface area contributed by atoms with Gasteiger partial charge in [-0.2, -0.15) is 0 Å². The molecule has 0 amide bonds. The van der Waals surface area contributed by atoms with Crippen LogP contribution in [0.2, 0.25) is 0 Å². The molecule has 0 unspecified atom stereocenters. The minimum absolute atomic E-state index is 0.890. The quantitative estimate of drug-likeness (QED) is 0.640. The minimum Gasteiger partial charge on any atom is -0.314 e. The second kappa shape index (κ2) is 9.00. The molecule has 0 aromatic heterocycles. The Hall–Kier alpha value is -0.0800. The van der Waals surface area contributed by atoms with Crippen molar-refractivity contribution < 1.29 is 0 Å². The first-order chi connectivity index (χ1) is 7.79. The zero-order valence-electron chi connectivity index (χ0n) is 11.3. The van der Waals surface area contributed by atoms with Crippen LogP contribution >= 0.6 is 0 Å².